The van der Waals surface area contributed by atoms with Gasteiger partial charge >= 0.3 is 5.97 Å². The van der Waals surface area contributed by atoms with Gasteiger partial charge < -0.3 is 15.7 Å². The molecular weight excluding hydrogens is 168 g/mol. The van der Waals surface area contributed by atoms with Crippen LogP contribution in [0.3, 0.4) is 0 Å². The molecule has 2 fully saturated rings. The highest BCUT2D eigenvalue weighted by Gasteiger charge is 2.52. The first-order valence-corrected chi connectivity index (χ1v) is 4.73. The van der Waals surface area contributed by atoms with Crippen LogP contribution in [0.5, 0.6) is 0 Å². The van der Waals surface area contributed by atoms with Gasteiger partial charge in [0, 0.05) is 19.0 Å². The quantitative estimate of drug-likeness (QED) is 0.589. The largest absolute Gasteiger partial charge is 0.480 e. The molecule has 3 atom stereocenters. The van der Waals surface area contributed by atoms with Crippen LogP contribution in [0.15, 0.2) is 0 Å². The van der Waals surface area contributed by atoms with Crippen molar-refractivity contribution in [1.29, 1.82) is 0 Å². The molecule has 0 aromatic rings. The van der Waals surface area contributed by atoms with Crippen LogP contribution in [0.25, 0.3) is 0 Å². The maximum Gasteiger partial charge on any atom is 0.324 e. The normalized spacial score (nSPS) is 45.1. The molecular formula is C9H16N2O2. The Morgan fingerprint density at radius 1 is 1.62 bits per heavy atom. The minimum atomic E-state index is -0.949. The van der Waals surface area contributed by atoms with Gasteiger partial charge in [-0.3, -0.25) is 4.79 Å². The summed E-state index contributed by atoms with van der Waals surface area (Å²) in [5.41, 5.74) is 4.97. The molecule has 1 aliphatic carbocycles. The second-order valence-corrected chi connectivity index (χ2v) is 4.57. The second-order valence-electron chi connectivity index (χ2n) is 4.57. The van der Waals surface area contributed by atoms with E-state index in [1.165, 1.54) is 0 Å². The van der Waals surface area contributed by atoms with E-state index in [1.54, 1.807) is 0 Å². The summed E-state index contributed by atoms with van der Waals surface area (Å²) in [7, 11) is 2.03. The zero-order valence-corrected chi connectivity index (χ0v) is 7.86. The highest BCUT2D eigenvalue weighted by Crippen LogP contribution is 2.42. The molecule has 1 saturated heterocycles. The summed E-state index contributed by atoms with van der Waals surface area (Å²) < 4.78 is 0. The first kappa shape index (κ1) is 8.97. The number of carboxylic acids is 1. The first-order valence-electron chi connectivity index (χ1n) is 4.73. The average molecular weight is 184 g/mol. The van der Waals surface area contributed by atoms with E-state index in [4.69, 9.17) is 10.8 Å². The lowest BCUT2D eigenvalue weighted by Gasteiger charge is -2.31. The van der Waals surface area contributed by atoms with Crippen molar-refractivity contribution in [3.05, 3.63) is 0 Å². The Morgan fingerprint density at radius 2 is 2.31 bits per heavy atom. The number of hydrogen-bond acceptors (Lipinski definition) is 3. The molecule has 1 aliphatic heterocycles. The molecule has 0 spiro atoms. The number of hydrogen-bond donors (Lipinski definition) is 2. The SMILES string of the molecule is CN1C[C@H]2C[C@@H](C1)[C@](N)(C(=O)O)C2. The minimum Gasteiger partial charge on any atom is -0.480 e. The zero-order chi connectivity index (χ0) is 9.64. The summed E-state index contributed by atoms with van der Waals surface area (Å²) >= 11 is 0. The summed E-state index contributed by atoms with van der Waals surface area (Å²) in [6.45, 7) is 1.84. The lowest BCUT2D eigenvalue weighted by molar-refractivity contribution is -0.144. The smallest absolute Gasteiger partial charge is 0.324 e. The van der Waals surface area contributed by atoms with Crippen LogP contribution in [0.4, 0.5) is 0 Å². The first-order chi connectivity index (χ1) is 6.02. The fraction of sp³-hybridized carbons (Fsp3) is 0.889. The van der Waals surface area contributed by atoms with Gasteiger partial charge in [-0.05, 0) is 25.8 Å². The van der Waals surface area contributed by atoms with Gasteiger partial charge in [0.1, 0.15) is 5.54 Å². The summed E-state index contributed by atoms with van der Waals surface area (Å²) in [6, 6.07) is 0. The Hall–Kier alpha value is -0.610. The number of likely N-dealkylation sites (tertiary alicyclic amines) is 1. The van der Waals surface area contributed by atoms with Crippen LogP contribution >= 0.6 is 0 Å². The molecule has 2 rings (SSSR count). The van der Waals surface area contributed by atoms with Crippen molar-refractivity contribution in [2.75, 3.05) is 20.1 Å². The third-order valence-corrected chi connectivity index (χ3v) is 3.47. The Kier molecular flexibility index (Phi) is 1.85. The summed E-state index contributed by atoms with van der Waals surface area (Å²) in [4.78, 5) is 13.2. The van der Waals surface area contributed by atoms with Crippen molar-refractivity contribution >= 4 is 5.97 Å². The molecule has 74 valence electrons. The number of fused-ring (bicyclic) bond motifs is 2. The van der Waals surface area contributed by atoms with Gasteiger partial charge in [-0.1, -0.05) is 0 Å². The molecule has 1 heterocycles. The van der Waals surface area contributed by atoms with Gasteiger partial charge in [0.25, 0.3) is 0 Å². The zero-order valence-electron chi connectivity index (χ0n) is 7.86. The molecule has 4 nitrogen and oxygen atoms in total. The van der Waals surface area contributed by atoms with Gasteiger partial charge in [0.15, 0.2) is 0 Å². The molecule has 0 aromatic heterocycles. The van der Waals surface area contributed by atoms with E-state index in [0.29, 0.717) is 12.3 Å². The topological polar surface area (TPSA) is 66.6 Å². The summed E-state index contributed by atoms with van der Waals surface area (Å²) in [5.74, 6) is -0.186. The van der Waals surface area contributed by atoms with E-state index < -0.39 is 11.5 Å². The van der Waals surface area contributed by atoms with Crippen LogP contribution < -0.4 is 5.73 Å². The maximum absolute atomic E-state index is 11.0. The Balaban J connectivity index is 2.22. The molecule has 1 saturated carbocycles. The minimum absolute atomic E-state index is 0.147. The van der Waals surface area contributed by atoms with Crippen LogP contribution in [-0.4, -0.2) is 41.7 Å². The van der Waals surface area contributed by atoms with Crippen molar-refractivity contribution in [1.82, 2.24) is 4.90 Å². The predicted octanol–water partition coefficient (Wildman–Crippen LogP) is -0.260. The number of nitrogens with two attached hydrogens (primary N) is 1. The second kappa shape index (κ2) is 2.69. The van der Waals surface area contributed by atoms with Crippen LogP contribution in [-0.2, 0) is 4.79 Å². The van der Waals surface area contributed by atoms with E-state index in [9.17, 15) is 4.79 Å². The van der Waals surface area contributed by atoms with E-state index >= 15 is 0 Å². The van der Waals surface area contributed by atoms with E-state index in [-0.39, 0.29) is 5.92 Å². The van der Waals surface area contributed by atoms with Crippen LogP contribution in [0.1, 0.15) is 12.8 Å². The highest BCUT2D eigenvalue weighted by atomic mass is 16.4. The average Bonchev–Trinajstić information content (AvgIpc) is 2.24. The molecule has 0 unspecified atom stereocenters. The molecule has 0 aromatic carbocycles. The number of carboxylic acid groups (broad SMARTS) is 1. The Labute approximate surface area is 77.7 Å². The monoisotopic (exact) mass is 184 g/mol. The molecule has 2 aliphatic rings. The van der Waals surface area contributed by atoms with Crippen LogP contribution in [0.2, 0.25) is 0 Å². The number of nitrogens with zero attached hydrogens (tertiary/aromatic N) is 1. The predicted molar refractivity (Wildman–Crippen MR) is 48.3 cm³/mol. The van der Waals surface area contributed by atoms with Crippen molar-refractivity contribution in [3.8, 4) is 0 Å². The Morgan fingerprint density at radius 3 is 2.92 bits per heavy atom. The lowest BCUT2D eigenvalue weighted by Crippen LogP contribution is -2.53. The fourth-order valence-corrected chi connectivity index (χ4v) is 2.87. The van der Waals surface area contributed by atoms with E-state index in [0.717, 1.165) is 19.5 Å². The molecule has 2 bridgehead atoms. The summed E-state index contributed by atoms with van der Waals surface area (Å²) in [6.07, 6.45) is 1.64. The standard InChI is InChI=1S/C9H16N2O2/c1-11-4-6-2-7(5-11)9(10,3-6)8(12)13/h6-7H,2-5,10H2,1H3,(H,12,13)/t6-,7-,9-/m0/s1. The molecule has 0 amide bonds. The Bertz CT molecular complexity index is 244. The van der Waals surface area contributed by atoms with Crippen molar-refractivity contribution < 1.29 is 9.90 Å². The van der Waals surface area contributed by atoms with Crippen molar-refractivity contribution in [2.45, 2.75) is 18.4 Å². The van der Waals surface area contributed by atoms with Gasteiger partial charge in [-0.15, -0.1) is 0 Å². The van der Waals surface area contributed by atoms with Gasteiger partial charge in [0.05, 0.1) is 0 Å². The summed E-state index contributed by atoms with van der Waals surface area (Å²) in [5, 5.41) is 9.06. The third kappa shape index (κ3) is 1.25. The van der Waals surface area contributed by atoms with E-state index in [2.05, 4.69) is 4.90 Å². The molecule has 4 heteroatoms. The molecule has 13 heavy (non-hydrogen) atoms. The molecule has 0 radical (unpaired) electrons. The number of piperidine rings is 1. The van der Waals surface area contributed by atoms with Gasteiger partial charge in [-0.25, -0.2) is 0 Å². The third-order valence-electron chi connectivity index (χ3n) is 3.47. The van der Waals surface area contributed by atoms with E-state index in [1.807, 2.05) is 7.05 Å². The van der Waals surface area contributed by atoms with Crippen molar-refractivity contribution in [2.24, 2.45) is 17.6 Å². The van der Waals surface area contributed by atoms with Gasteiger partial charge in [-0.2, -0.15) is 0 Å². The van der Waals surface area contributed by atoms with Gasteiger partial charge in [0.2, 0.25) is 0 Å². The number of carbonyl (C=O) groups is 1. The lowest BCUT2D eigenvalue weighted by atomic mass is 9.88. The maximum atomic E-state index is 11.0. The highest BCUT2D eigenvalue weighted by molar-refractivity contribution is 5.79. The molecule has 3 N–H and O–H groups in total. The number of rotatable bonds is 1. The van der Waals surface area contributed by atoms with Crippen LogP contribution in [0, 0.1) is 11.8 Å². The fourth-order valence-electron chi connectivity index (χ4n) is 2.87. The van der Waals surface area contributed by atoms with Crippen molar-refractivity contribution in [3.63, 3.8) is 0 Å². The number of aliphatic carboxylic acids is 1.